The van der Waals surface area contributed by atoms with Crippen molar-refractivity contribution < 1.29 is 9.90 Å². The Hall–Kier alpha value is -1.77. The van der Waals surface area contributed by atoms with Gasteiger partial charge in [-0.05, 0) is 31.4 Å². The lowest BCUT2D eigenvalue weighted by Gasteiger charge is -2.31. The minimum absolute atomic E-state index is 0.249. The molecule has 0 unspecified atom stereocenters. The van der Waals surface area contributed by atoms with E-state index in [2.05, 4.69) is 36.6 Å². The zero-order valence-corrected chi connectivity index (χ0v) is 10.1. The van der Waals surface area contributed by atoms with Gasteiger partial charge in [-0.25, -0.2) is 4.79 Å². The van der Waals surface area contributed by atoms with Crippen molar-refractivity contribution in [1.29, 1.82) is 0 Å². The van der Waals surface area contributed by atoms with Crippen LogP contribution in [0.3, 0.4) is 0 Å². The summed E-state index contributed by atoms with van der Waals surface area (Å²) in [6, 6.07) is 6.34. The number of benzene rings is 1. The van der Waals surface area contributed by atoms with Crippen LogP contribution in [0.5, 0.6) is 0 Å². The Morgan fingerprint density at radius 1 is 1.53 bits per heavy atom. The molecule has 0 bridgehead atoms. The van der Waals surface area contributed by atoms with Gasteiger partial charge >= 0.3 is 5.97 Å². The van der Waals surface area contributed by atoms with Crippen LogP contribution in [-0.2, 0) is 11.2 Å². The van der Waals surface area contributed by atoms with E-state index in [9.17, 15) is 4.79 Å². The maximum atomic E-state index is 10.8. The number of carbonyl (C=O) groups is 1. The van der Waals surface area contributed by atoms with Crippen molar-refractivity contribution >= 4 is 11.7 Å². The predicted molar refractivity (Wildman–Crippen MR) is 68.5 cm³/mol. The molecule has 90 valence electrons. The first-order valence-electron chi connectivity index (χ1n) is 5.83. The van der Waals surface area contributed by atoms with Gasteiger partial charge in [-0.15, -0.1) is 0 Å². The number of aliphatic carboxylic acids is 1. The molecular weight excluding hydrogens is 214 g/mol. The first-order chi connectivity index (χ1) is 8.08. The largest absolute Gasteiger partial charge is 0.478 e. The number of nitrogens with zero attached hydrogens (tertiary/aromatic N) is 1. The van der Waals surface area contributed by atoms with Gasteiger partial charge in [0.25, 0.3) is 0 Å². The molecule has 3 nitrogen and oxygen atoms in total. The Kier molecular flexibility index (Phi) is 3.18. The van der Waals surface area contributed by atoms with Crippen LogP contribution in [0.1, 0.15) is 17.5 Å². The molecule has 0 atom stereocenters. The van der Waals surface area contributed by atoms with Crippen LogP contribution in [0.15, 0.2) is 30.4 Å². The lowest BCUT2D eigenvalue weighted by atomic mass is 9.99. The molecule has 3 heteroatoms. The molecule has 0 aromatic heterocycles. The summed E-state index contributed by atoms with van der Waals surface area (Å²) in [7, 11) is 0. The average molecular weight is 231 g/mol. The maximum absolute atomic E-state index is 10.8. The van der Waals surface area contributed by atoms with Crippen LogP contribution < -0.4 is 4.90 Å². The van der Waals surface area contributed by atoms with Gasteiger partial charge in [0.05, 0.1) is 0 Å². The highest BCUT2D eigenvalue weighted by Gasteiger charge is 2.18. The Morgan fingerprint density at radius 2 is 2.29 bits per heavy atom. The third kappa shape index (κ3) is 2.49. The standard InChI is InChI=1S/C14H17NO2/c1-10-5-6-13-12(8-10)4-3-7-15(13)9-11(2)14(16)17/h5-6,8H,2-4,7,9H2,1H3,(H,16,17). The van der Waals surface area contributed by atoms with Crippen molar-refractivity contribution in [1.82, 2.24) is 0 Å². The summed E-state index contributed by atoms with van der Waals surface area (Å²) in [5, 5.41) is 8.88. The maximum Gasteiger partial charge on any atom is 0.332 e. The lowest BCUT2D eigenvalue weighted by Crippen LogP contribution is -2.32. The molecule has 0 saturated carbocycles. The molecule has 0 spiro atoms. The summed E-state index contributed by atoms with van der Waals surface area (Å²) in [4.78, 5) is 12.9. The topological polar surface area (TPSA) is 40.5 Å². The van der Waals surface area contributed by atoms with E-state index in [0.29, 0.717) is 6.54 Å². The molecule has 0 radical (unpaired) electrons. The van der Waals surface area contributed by atoms with E-state index in [1.807, 2.05) is 0 Å². The number of aryl methyl sites for hydroxylation is 2. The number of anilines is 1. The molecule has 0 amide bonds. The summed E-state index contributed by atoms with van der Waals surface area (Å²) in [5.74, 6) is -0.913. The predicted octanol–water partition coefficient (Wildman–Crippen LogP) is 2.39. The van der Waals surface area contributed by atoms with Crippen LogP contribution in [0, 0.1) is 6.92 Å². The summed E-state index contributed by atoms with van der Waals surface area (Å²) < 4.78 is 0. The highest BCUT2D eigenvalue weighted by atomic mass is 16.4. The van der Waals surface area contributed by atoms with Gasteiger partial charge in [-0.1, -0.05) is 24.3 Å². The van der Waals surface area contributed by atoms with Crippen molar-refractivity contribution in [2.75, 3.05) is 18.0 Å². The molecule has 1 heterocycles. The number of hydrogen-bond acceptors (Lipinski definition) is 2. The Labute approximate surface area is 101 Å². The van der Waals surface area contributed by atoms with E-state index in [1.54, 1.807) is 0 Å². The second kappa shape index (κ2) is 4.62. The SMILES string of the molecule is C=C(CN1CCCc2cc(C)ccc21)C(=O)O. The van der Waals surface area contributed by atoms with Crippen molar-refractivity contribution in [3.63, 3.8) is 0 Å². The molecule has 1 aliphatic heterocycles. The van der Waals surface area contributed by atoms with E-state index in [4.69, 9.17) is 5.11 Å². The van der Waals surface area contributed by atoms with Crippen LogP contribution in [0.4, 0.5) is 5.69 Å². The van der Waals surface area contributed by atoms with E-state index in [0.717, 1.165) is 25.1 Å². The van der Waals surface area contributed by atoms with Crippen LogP contribution in [0.2, 0.25) is 0 Å². The monoisotopic (exact) mass is 231 g/mol. The minimum Gasteiger partial charge on any atom is -0.478 e. The smallest absolute Gasteiger partial charge is 0.332 e. The highest BCUT2D eigenvalue weighted by molar-refractivity contribution is 5.87. The van der Waals surface area contributed by atoms with Gasteiger partial charge in [0.1, 0.15) is 0 Å². The van der Waals surface area contributed by atoms with Gasteiger partial charge in [0.15, 0.2) is 0 Å². The van der Waals surface area contributed by atoms with Gasteiger partial charge in [-0.2, -0.15) is 0 Å². The van der Waals surface area contributed by atoms with E-state index >= 15 is 0 Å². The number of rotatable bonds is 3. The summed E-state index contributed by atoms with van der Waals surface area (Å²) in [6.07, 6.45) is 2.15. The zero-order valence-electron chi connectivity index (χ0n) is 10.1. The third-order valence-corrected chi connectivity index (χ3v) is 3.13. The summed E-state index contributed by atoms with van der Waals surface area (Å²) >= 11 is 0. The van der Waals surface area contributed by atoms with Crippen LogP contribution in [0.25, 0.3) is 0 Å². The second-order valence-corrected chi connectivity index (χ2v) is 4.57. The minimum atomic E-state index is -0.913. The fourth-order valence-corrected chi connectivity index (χ4v) is 2.27. The van der Waals surface area contributed by atoms with Crippen LogP contribution >= 0.6 is 0 Å². The quantitative estimate of drug-likeness (QED) is 0.812. The summed E-state index contributed by atoms with van der Waals surface area (Å²) in [6.45, 7) is 6.99. The van der Waals surface area contributed by atoms with Crippen molar-refractivity contribution in [2.24, 2.45) is 0 Å². The molecule has 1 aromatic rings. The van der Waals surface area contributed by atoms with Crippen molar-refractivity contribution in [3.05, 3.63) is 41.5 Å². The molecule has 0 fully saturated rings. The Balaban J connectivity index is 2.23. The molecule has 0 saturated heterocycles. The molecule has 1 N–H and O–H groups in total. The molecule has 1 aliphatic rings. The average Bonchev–Trinajstić information content (AvgIpc) is 2.28. The van der Waals surface area contributed by atoms with Gasteiger partial charge in [0.2, 0.25) is 0 Å². The third-order valence-electron chi connectivity index (χ3n) is 3.13. The molecule has 2 rings (SSSR count). The van der Waals surface area contributed by atoms with Crippen molar-refractivity contribution in [3.8, 4) is 0 Å². The highest BCUT2D eigenvalue weighted by Crippen LogP contribution is 2.28. The molecule has 0 aliphatic carbocycles. The van der Waals surface area contributed by atoms with E-state index in [1.165, 1.54) is 11.1 Å². The van der Waals surface area contributed by atoms with Gasteiger partial charge in [-0.3, -0.25) is 0 Å². The summed E-state index contributed by atoms with van der Waals surface area (Å²) in [5.41, 5.74) is 3.97. The van der Waals surface area contributed by atoms with Gasteiger partial charge in [0, 0.05) is 24.4 Å². The number of carboxylic acids is 1. The number of fused-ring (bicyclic) bond motifs is 1. The van der Waals surface area contributed by atoms with Gasteiger partial charge < -0.3 is 10.0 Å². The Bertz CT molecular complexity index is 465. The molecule has 1 aromatic carbocycles. The fourth-order valence-electron chi connectivity index (χ4n) is 2.27. The zero-order chi connectivity index (χ0) is 12.4. The van der Waals surface area contributed by atoms with Crippen LogP contribution in [-0.4, -0.2) is 24.2 Å². The van der Waals surface area contributed by atoms with E-state index in [-0.39, 0.29) is 5.57 Å². The second-order valence-electron chi connectivity index (χ2n) is 4.57. The van der Waals surface area contributed by atoms with E-state index < -0.39 is 5.97 Å². The normalized spacial score (nSPS) is 14.3. The first-order valence-corrected chi connectivity index (χ1v) is 5.83. The first kappa shape index (κ1) is 11.7. The lowest BCUT2D eigenvalue weighted by molar-refractivity contribution is -0.132. The number of carboxylic acid groups (broad SMARTS) is 1. The number of hydrogen-bond donors (Lipinski definition) is 1. The molecular formula is C14H17NO2. The Morgan fingerprint density at radius 3 is 3.00 bits per heavy atom. The molecule has 17 heavy (non-hydrogen) atoms. The fraction of sp³-hybridized carbons (Fsp3) is 0.357. The van der Waals surface area contributed by atoms with Crippen molar-refractivity contribution in [2.45, 2.75) is 19.8 Å².